The van der Waals surface area contributed by atoms with Crippen LogP contribution in [0.5, 0.6) is 5.75 Å². The lowest BCUT2D eigenvalue weighted by Gasteiger charge is -2.34. The molecule has 1 saturated heterocycles. The molecule has 0 bridgehead atoms. The Bertz CT molecular complexity index is 1260. The highest BCUT2D eigenvalue weighted by Gasteiger charge is 2.18. The highest BCUT2D eigenvalue weighted by molar-refractivity contribution is 6.33. The Balaban J connectivity index is 1.41. The van der Waals surface area contributed by atoms with Gasteiger partial charge in [-0.25, -0.2) is 0 Å². The van der Waals surface area contributed by atoms with Crippen molar-refractivity contribution in [2.24, 2.45) is 0 Å². The van der Waals surface area contributed by atoms with Crippen molar-refractivity contribution in [2.45, 2.75) is 6.54 Å². The highest BCUT2D eigenvalue weighted by atomic mass is 35.5. The second-order valence-electron chi connectivity index (χ2n) is 8.28. The van der Waals surface area contributed by atoms with Crippen molar-refractivity contribution in [1.29, 1.82) is 0 Å². The number of fused-ring (bicyclic) bond motifs is 1. The summed E-state index contributed by atoms with van der Waals surface area (Å²) in [4.78, 5) is 4.69. The first kappa shape index (κ1) is 21.6. The monoisotopic (exact) mass is 462 g/mol. The lowest BCUT2D eigenvalue weighted by Crippen LogP contribution is -2.44. The van der Waals surface area contributed by atoms with Gasteiger partial charge in [-0.05, 0) is 42.9 Å². The fourth-order valence-corrected chi connectivity index (χ4v) is 4.59. The molecule has 1 fully saturated rings. The molecule has 0 radical (unpaired) electrons. The molecule has 2 aromatic heterocycles. The Morgan fingerprint density at radius 3 is 2.64 bits per heavy atom. The number of hydrogen-bond acceptors (Lipinski definition) is 6. The number of nitrogens with zero attached hydrogens (tertiary/aromatic N) is 5. The first-order valence-corrected chi connectivity index (χ1v) is 11.4. The Morgan fingerprint density at radius 2 is 1.85 bits per heavy atom. The van der Waals surface area contributed by atoms with E-state index in [1.54, 1.807) is 13.4 Å². The first-order chi connectivity index (χ1) is 16.1. The number of pyridine rings is 1. The molecule has 0 saturated carbocycles. The third kappa shape index (κ3) is 4.34. The molecule has 170 valence electrons. The molecule has 3 heterocycles. The van der Waals surface area contributed by atoms with Gasteiger partial charge in [-0.15, -0.1) is 10.2 Å². The summed E-state index contributed by atoms with van der Waals surface area (Å²) in [5.41, 5.74) is 4.95. The van der Waals surface area contributed by atoms with E-state index in [0.717, 1.165) is 70.8 Å². The van der Waals surface area contributed by atoms with Crippen molar-refractivity contribution >= 4 is 28.8 Å². The number of hydrogen-bond donors (Lipinski definition) is 1. The lowest BCUT2D eigenvalue weighted by atomic mass is 10.1. The Kier molecular flexibility index (Phi) is 6.07. The largest absolute Gasteiger partial charge is 0.496 e. The SMILES string of the molecule is COc1ccccc1CNc1ccc(-c2ccc(N3CCN(C)CC3)c(Cl)c2)c2nncn12. The molecule has 0 unspecified atom stereocenters. The van der Waals surface area contributed by atoms with Crippen molar-refractivity contribution in [3.05, 3.63) is 71.5 Å². The van der Waals surface area contributed by atoms with E-state index in [1.807, 2.05) is 40.8 Å². The molecule has 4 aromatic rings. The Hall–Kier alpha value is -3.29. The summed E-state index contributed by atoms with van der Waals surface area (Å²) in [6, 6.07) is 18.4. The highest BCUT2D eigenvalue weighted by Crippen LogP contribution is 2.34. The molecule has 0 aliphatic carbocycles. The normalized spacial score (nSPS) is 14.6. The molecule has 8 heteroatoms. The second kappa shape index (κ2) is 9.29. The van der Waals surface area contributed by atoms with Gasteiger partial charge in [-0.3, -0.25) is 4.40 Å². The van der Waals surface area contributed by atoms with Gasteiger partial charge in [0.15, 0.2) is 5.65 Å². The number of likely N-dealkylation sites (N-methyl/N-ethyl adjacent to an activating group) is 1. The predicted octanol–water partition coefficient (Wildman–Crippen LogP) is 4.42. The van der Waals surface area contributed by atoms with E-state index >= 15 is 0 Å². The molecule has 1 N–H and O–H groups in total. The summed E-state index contributed by atoms with van der Waals surface area (Å²) in [6.07, 6.45) is 1.73. The molecule has 33 heavy (non-hydrogen) atoms. The molecule has 2 aromatic carbocycles. The van der Waals surface area contributed by atoms with Crippen molar-refractivity contribution in [3.63, 3.8) is 0 Å². The lowest BCUT2D eigenvalue weighted by molar-refractivity contribution is 0.313. The van der Waals surface area contributed by atoms with Crippen molar-refractivity contribution in [2.75, 3.05) is 50.6 Å². The molecule has 1 aliphatic heterocycles. The minimum Gasteiger partial charge on any atom is -0.496 e. The second-order valence-corrected chi connectivity index (χ2v) is 8.69. The minimum atomic E-state index is 0.627. The van der Waals surface area contributed by atoms with Crippen molar-refractivity contribution < 1.29 is 4.74 Å². The molecule has 7 nitrogen and oxygen atoms in total. The number of rotatable bonds is 6. The van der Waals surface area contributed by atoms with Crippen LogP contribution < -0.4 is 15.0 Å². The number of para-hydroxylation sites is 1. The van der Waals surface area contributed by atoms with Gasteiger partial charge >= 0.3 is 0 Å². The summed E-state index contributed by atoms with van der Waals surface area (Å²) >= 11 is 6.73. The molecular weight excluding hydrogens is 436 g/mol. The van der Waals surface area contributed by atoms with E-state index in [0.29, 0.717) is 6.54 Å². The van der Waals surface area contributed by atoms with Crippen LogP contribution in [0.25, 0.3) is 16.8 Å². The third-order valence-corrected chi connectivity index (χ3v) is 6.51. The van der Waals surface area contributed by atoms with Gasteiger partial charge < -0.3 is 19.9 Å². The van der Waals surface area contributed by atoms with Crippen LogP contribution in [0.3, 0.4) is 0 Å². The van der Waals surface area contributed by atoms with Gasteiger partial charge in [-0.1, -0.05) is 35.9 Å². The maximum Gasteiger partial charge on any atom is 0.170 e. The summed E-state index contributed by atoms with van der Waals surface area (Å²) in [5.74, 6) is 1.77. The standard InChI is InChI=1S/C25H27ClN6O/c1-30-11-13-31(14-12-30)22-9-7-18(15-21(22)26)20-8-10-24(32-17-28-29-25(20)32)27-16-19-5-3-4-6-23(19)33-2/h3-10,15,17,27H,11-14,16H2,1-2H3. The molecule has 1 aliphatic rings. The van der Waals surface area contributed by atoms with Gasteiger partial charge in [0, 0.05) is 43.9 Å². The van der Waals surface area contributed by atoms with Crippen LogP contribution in [-0.4, -0.2) is 59.8 Å². The average Bonchev–Trinajstić information content (AvgIpc) is 3.34. The van der Waals surface area contributed by atoms with E-state index in [2.05, 4.69) is 50.6 Å². The molecule has 0 spiro atoms. The Morgan fingerprint density at radius 1 is 1.03 bits per heavy atom. The maximum absolute atomic E-state index is 6.73. The van der Waals surface area contributed by atoms with Crippen LogP contribution in [0.4, 0.5) is 11.5 Å². The first-order valence-electron chi connectivity index (χ1n) is 11.1. The number of methoxy groups -OCH3 is 1. The topological polar surface area (TPSA) is 57.9 Å². The van der Waals surface area contributed by atoms with Crippen LogP contribution in [-0.2, 0) is 6.54 Å². The zero-order valence-electron chi connectivity index (χ0n) is 18.8. The van der Waals surface area contributed by atoms with Gasteiger partial charge in [0.05, 0.1) is 17.8 Å². The predicted molar refractivity (Wildman–Crippen MR) is 133 cm³/mol. The Labute approximate surface area is 198 Å². The number of anilines is 2. The number of piperazine rings is 1. The molecule has 5 rings (SSSR count). The van der Waals surface area contributed by atoms with Crippen molar-refractivity contribution in [1.82, 2.24) is 19.5 Å². The van der Waals surface area contributed by atoms with E-state index in [-0.39, 0.29) is 0 Å². The number of halogens is 1. The molecular formula is C25H27ClN6O. The van der Waals surface area contributed by atoms with Crippen LogP contribution in [0.1, 0.15) is 5.56 Å². The summed E-state index contributed by atoms with van der Waals surface area (Å²) in [5, 5.41) is 12.8. The number of nitrogens with one attached hydrogen (secondary N) is 1. The van der Waals surface area contributed by atoms with Gasteiger partial charge in [0.25, 0.3) is 0 Å². The van der Waals surface area contributed by atoms with E-state index in [1.165, 1.54) is 0 Å². The van der Waals surface area contributed by atoms with Crippen LogP contribution in [0.15, 0.2) is 60.9 Å². The zero-order chi connectivity index (χ0) is 22.8. The van der Waals surface area contributed by atoms with Crippen molar-refractivity contribution in [3.8, 4) is 16.9 Å². The van der Waals surface area contributed by atoms with Crippen LogP contribution in [0, 0.1) is 0 Å². The van der Waals surface area contributed by atoms with E-state index in [4.69, 9.17) is 16.3 Å². The summed E-state index contributed by atoms with van der Waals surface area (Å²) in [7, 11) is 3.84. The van der Waals surface area contributed by atoms with Crippen LogP contribution >= 0.6 is 11.6 Å². The zero-order valence-corrected chi connectivity index (χ0v) is 19.6. The third-order valence-electron chi connectivity index (χ3n) is 6.21. The minimum absolute atomic E-state index is 0.627. The summed E-state index contributed by atoms with van der Waals surface area (Å²) in [6.45, 7) is 4.68. The maximum atomic E-state index is 6.73. The smallest absolute Gasteiger partial charge is 0.170 e. The number of ether oxygens (including phenoxy) is 1. The van der Waals surface area contributed by atoms with Gasteiger partial charge in [0.1, 0.15) is 17.9 Å². The number of aromatic nitrogens is 3. The number of benzene rings is 2. The average molecular weight is 463 g/mol. The quantitative estimate of drug-likeness (QED) is 0.457. The van der Waals surface area contributed by atoms with Crippen LogP contribution in [0.2, 0.25) is 5.02 Å². The van der Waals surface area contributed by atoms with E-state index in [9.17, 15) is 0 Å². The van der Waals surface area contributed by atoms with Gasteiger partial charge in [-0.2, -0.15) is 0 Å². The fourth-order valence-electron chi connectivity index (χ4n) is 4.29. The van der Waals surface area contributed by atoms with E-state index < -0.39 is 0 Å². The molecule has 0 amide bonds. The molecule has 0 atom stereocenters. The van der Waals surface area contributed by atoms with Gasteiger partial charge in [0.2, 0.25) is 0 Å². The summed E-state index contributed by atoms with van der Waals surface area (Å²) < 4.78 is 7.43. The fraction of sp³-hybridized carbons (Fsp3) is 0.280.